The molecule has 76 valence electrons. The summed E-state index contributed by atoms with van der Waals surface area (Å²) in [5.74, 6) is -0.668. The molecule has 0 aliphatic heterocycles. The van der Waals surface area contributed by atoms with E-state index >= 15 is 0 Å². The van der Waals surface area contributed by atoms with Crippen LogP contribution in [0.2, 0.25) is 0 Å². The molecule has 4 heteroatoms. The third-order valence-corrected chi connectivity index (χ3v) is 1.76. The van der Waals surface area contributed by atoms with Gasteiger partial charge in [0, 0.05) is 6.42 Å². The van der Waals surface area contributed by atoms with E-state index in [1.807, 2.05) is 0 Å². The number of phenols is 2. The SMILES string of the molecule is C[C@H](O)CC(=O)c1cc(O)ccc1O. The van der Waals surface area contributed by atoms with Gasteiger partial charge >= 0.3 is 0 Å². The zero-order valence-electron chi connectivity index (χ0n) is 7.77. The lowest BCUT2D eigenvalue weighted by Crippen LogP contribution is -2.09. The van der Waals surface area contributed by atoms with Gasteiger partial charge in [0.15, 0.2) is 5.78 Å². The van der Waals surface area contributed by atoms with Crippen molar-refractivity contribution < 1.29 is 20.1 Å². The molecule has 0 unspecified atom stereocenters. The fourth-order valence-corrected chi connectivity index (χ4v) is 1.13. The van der Waals surface area contributed by atoms with E-state index in [9.17, 15) is 9.90 Å². The summed E-state index contributed by atoms with van der Waals surface area (Å²) in [6, 6.07) is 3.71. The van der Waals surface area contributed by atoms with E-state index in [1.54, 1.807) is 0 Å². The molecule has 4 nitrogen and oxygen atoms in total. The van der Waals surface area contributed by atoms with E-state index in [1.165, 1.54) is 25.1 Å². The van der Waals surface area contributed by atoms with Gasteiger partial charge in [-0.1, -0.05) is 0 Å². The van der Waals surface area contributed by atoms with Crippen molar-refractivity contribution in [2.75, 3.05) is 0 Å². The second kappa shape index (κ2) is 4.11. The van der Waals surface area contributed by atoms with E-state index in [4.69, 9.17) is 10.2 Å². The Hall–Kier alpha value is -1.55. The average molecular weight is 196 g/mol. The highest BCUT2D eigenvalue weighted by atomic mass is 16.3. The third kappa shape index (κ3) is 2.47. The molecule has 0 fully saturated rings. The number of hydrogen-bond donors (Lipinski definition) is 3. The van der Waals surface area contributed by atoms with Crippen LogP contribution in [0, 0.1) is 0 Å². The molecule has 0 aromatic heterocycles. The molecule has 0 aliphatic rings. The average Bonchev–Trinajstić information content (AvgIpc) is 2.08. The fraction of sp³-hybridized carbons (Fsp3) is 0.300. The summed E-state index contributed by atoms with van der Waals surface area (Å²) >= 11 is 0. The Kier molecular flexibility index (Phi) is 3.09. The van der Waals surface area contributed by atoms with Crippen LogP contribution in [0.4, 0.5) is 0 Å². The number of ketones is 1. The summed E-state index contributed by atoms with van der Waals surface area (Å²) in [6.07, 6.45) is -0.832. The van der Waals surface area contributed by atoms with E-state index in [0.717, 1.165) is 0 Å². The van der Waals surface area contributed by atoms with Crippen molar-refractivity contribution >= 4 is 5.78 Å². The van der Waals surface area contributed by atoms with Crippen molar-refractivity contribution in [3.63, 3.8) is 0 Å². The minimum atomic E-state index is -0.760. The van der Waals surface area contributed by atoms with Gasteiger partial charge in [-0.05, 0) is 25.1 Å². The number of aliphatic hydroxyl groups excluding tert-OH is 1. The zero-order valence-corrected chi connectivity index (χ0v) is 7.77. The van der Waals surface area contributed by atoms with Crippen molar-refractivity contribution in [1.29, 1.82) is 0 Å². The lowest BCUT2D eigenvalue weighted by Gasteiger charge is -2.05. The van der Waals surface area contributed by atoms with E-state index < -0.39 is 11.9 Å². The van der Waals surface area contributed by atoms with E-state index in [0.29, 0.717) is 0 Å². The van der Waals surface area contributed by atoms with Crippen LogP contribution in [-0.2, 0) is 0 Å². The molecule has 1 aromatic carbocycles. The van der Waals surface area contributed by atoms with Gasteiger partial charge < -0.3 is 15.3 Å². The summed E-state index contributed by atoms with van der Waals surface area (Å²) in [7, 11) is 0. The molecule has 0 saturated carbocycles. The van der Waals surface area contributed by atoms with Crippen LogP contribution in [-0.4, -0.2) is 27.2 Å². The molecule has 0 spiro atoms. The van der Waals surface area contributed by atoms with Crippen LogP contribution in [0.3, 0.4) is 0 Å². The van der Waals surface area contributed by atoms with Crippen molar-refractivity contribution in [3.8, 4) is 11.5 Å². The van der Waals surface area contributed by atoms with Crippen molar-refractivity contribution in [2.45, 2.75) is 19.4 Å². The minimum Gasteiger partial charge on any atom is -0.508 e. The second-order valence-corrected chi connectivity index (χ2v) is 3.18. The maximum atomic E-state index is 11.4. The van der Waals surface area contributed by atoms with Crippen LogP contribution < -0.4 is 0 Å². The quantitative estimate of drug-likeness (QED) is 0.498. The monoisotopic (exact) mass is 196 g/mol. The number of benzene rings is 1. The molecule has 0 bridgehead atoms. The molecule has 3 N–H and O–H groups in total. The molecule has 0 saturated heterocycles. The standard InChI is InChI=1S/C10H12O4/c1-6(11)4-10(14)8-5-7(12)2-3-9(8)13/h2-3,5-6,11-13H,4H2,1H3/t6-/m0/s1. The van der Waals surface area contributed by atoms with Gasteiger partial charge in [-0.15, -0.1) is 0 Å². The topological polar surface area (TPSA) is 77.8 Å². The van der Waals surface area contributed by atoms with Gasteiger partial charge in [0.05, 0.1) is 11.7 Å². The number of Topliss-reactive ketones (excluding diaryl/α,β-unsaturated/α-hetero) is 1. The molecular weight excluding hydrogens is 184 g/mol. The van der Waals surface area contributed by atoms with Crippen molar-refractivity contribution in [2.24, 2.45) is 0 Å². The first-order valence-corrected chi connectivity index (χ1v) is 4.24. The molecule has 0 radical (unpaired) electrons. The molecule has 0 amide bonds. The molecule has 14 heavy (non-hydrogen) atoms. The Bertz CT molecular complexity index is 344. The first kappa shape index (κ1) is 10.5. The van der Waals surface area contributed by atoms with Crippen LogP contribution >= 0.6 is 0 Å². The number of aliphatic hydroxyl groups is 1. The number of carbonyl (C=O) groups is 1. The third-order valence-electron chi connectivity index (χ3n) is 1.76. The molecular formula is C10H12O4. The largest absolute Gasteiger partial charge is 0.508 e. The molecule has 0 heterocycles. The van der Waals surface area contributed by atoms with Gasteiger partial charge in [-0.3, -0.25) is 4.79 Å². The molecule has 1 rings (SSSR count). The van der Waals surface area contributed by atoms with E-state index in [-0.39, 0.29) is 23.5 Å². The number of phenolic OH excluding ortho intramolecular Hbond substituents is 2. The minimum absolute atomic E-state index is 0.0332. The fourth-order valence-electron chi connectivity index (χ4n) is 1.13. The number of hydrogen-bond acceptors (Lipinski definition) is 4. The van der Waals surface area contributed by atoms with Gasteiger partial charge in [0.1, 0.15) is 11.5 Å². The summed E-state index contributed by atoms with van der Waals surface area (Å²) in [5.41, 5.74) is 0.0332. The number of rotatable bonds is 3. The van der Waals surface area contributed by atoms with Crippen LogP contribution in [0.1, 0.15) is 23.7 Å². The zero-order chi connectivity index (χ0) is 10.7. The maximum Gasteiger partial charge on any atom is 0.169 e. The maximum absolute atomic E-state index is 11.4. The molecule has 0 aliphatic carbocycles. The van der Waals surface area contributed by atoms with Crippen LogP contribution in [0.5, 0.6) is 11.5 Å². The highest BCUT2D eigenvalue weighted by Crippen LogP contribution is 2.23. The Balaban J connectivity index is 2.94. The highest BCUT2D eigenvalue weighted by Gasteiger charge is 2.13. The van der Waals surface area contributed by atoms with Gasteiger partial charge in [0.2, 0.25) is 0 Å². The van der Waals surface area contributed by atoms with Gasteiger partial charge in [-0.2, -0.15) is 0 Å². The van der Waals surface area contributed by atoms with Crippen molar-refractivity contribution in [3.05, 3.63) is 23.8 Å². The summed E-state index contributed by atoms with van der Waals surface area (Å²) in [6.45, 7) is 1.48. The van der Waals surface area contributed by atoms with Crippen molar-refractivity contribution in [1.82, 2.24) is 0 Å². The summed E-state index contributed by atoms with van der Waals surface area (Å²) < 4.78 is 0. The lowest BCUT2D eigenvalue weighted by atomic mass is 10.0. The Morgan fingerprint density at radius 1 is 1.43 bits per heavy atom. The van der Waals surface area contributed by atoms with Gasteiger partial charge in [0.25, 0.3) is 0 Å². The first-order chi connectivity index (χ1) is 6.50. The number of aromatic hydroxyl groups is 2. The first-order valence-electron chi connectivity index (χ1n) is 4.24. The predicted molar refractivity (Wildman–Crippen MR) is 50.4 cm³/mol. The Morgan fingerprint density at radius 3 is 2.64 bits per heavy atom. The predicted octanol–water partition coefficient (Wildman–Crippen LogP) is 1.05. The Labute approximate surface area is 81.4 Å². The normalized spacial score (nSPS) is 12.4. The van der Waals surface area contributed by atoms with Gasteiger partial charge in [-0.25, -0.2) is 0 Å². The molecule has 1 atom stereocenters. The second-order valence-electron chi connectivity index (χ2n) is 3.18. The lowest BCUT2D eigenvalue weighted by molar-refractivity contribution is 0.0898. The molecule has 1 aromatic rings. The van der Waals surface area contributed by atoms with E-state index in [2.05, 4.69) is 0 Å². The van der Waals surface area contributed by atoms with Crippen LogP contribution in [0.15, 0.2) is 18.2 Å². The Morgan fingerprint density at radius 2 is 2.07 bits per heavy atom. The number of carbonyl (C=O) groups excluding carboxylic acids is 1. The summed E-state index contributed by atoms with van der Waals surface area (Å²) in [5, 5.41) is 27.4. The smallest absolute Gasteiger partial charge is 0.169 e. The summed E-state index contributed by atoms with van der Waals surface area (Å²) in [4.78, 5) is 11.4. The van der Waals surface area contributed by atoms with Crippen LogP contribution in [0.25, 0.3) is 0 Å². The highest BCUT2D eigenvalue weighted by molar-refractivity contribution is 5.99.